The van der Waals surface area contributed by atoms with Crippen molar-refractivity contribution in [1.29, 1.82) is 0 Å². The van der Waals surface area contributed by atoms with Crippen LogP contribution in [0.25, 0.3) is 6.08 Å². The van der Waals surface area contributed by atoms with Gasteiger partial charge < -0.3 is 54.0 Å². The first-order chi connectivity index (χ1) is 21.8. The third-order valence-corrected chi connectivity index (χ3v) is 8.21. The molecule has 1 aliphatic carbocycles. The van der Waals surface area contributed by atoms with Gasteiger partial charge in [0.1, 0.15) is 36.3 Å². The fourth-order valence-corrected chi connectivity index (χ4v) is 5.88. The number of rotatable bonds is 12. The van der Waals surface area contributed by atoms with E-state index in [4.69, 9.17) is 28.4 Å². The number of ether oxygens (including phenoxy) is 6. The summed E-state index contributed by atoms with van der Waals surface area (Å²) < 4.78 is 33.6. The minimum absolute atomic E-state index is 0.0207. The average molecular weight is 651 g/mol. The molecule has 3 aliphatic rings. The summed E-state index contributed by atoms with van der Waals surface area (Å²) >= 11 is 0. The van der Waals surface area contributed by atoms with Gasteiger partial charge in [-0.25, -0.2) is 4.79 Å². The van der Waals surface area contributed by atoms with E-state index in [-0.39, 0.29) is 37.7 Å². The number of aliphatic hydroxyl groups excluding tert-OH is 3. The fourth-order valence-electron chi connectivity index (χ4n) is 5.88. The van der Waals surface area contributed by atoms with Crippen LogP contribution in [0.15, 0.2) is 42.2 Å². The molecule has 2 aliphatic heterocycles. The summed E-state index contributed by atoms with van der Waals surface area (Å²) in [6.07, 6.45) is -4.07. The molecule has 0 amide bonds. The van der Waals surface area contributed by atoms with Crippen molar-refractivity contribution in [1.82, 2.24) is 0 Å². The molecular formula is C32H42O14. The van der Waals surface area contributed by atoms with Gasteiger partial charge in [-0.05, 0) is 54.0 Å². The minimum Gasteiger partial charge on any atom is -0.508 e. The van der Waals surface area contributed by atoms with Gasteiger partial charge in [0.15, 0.2) is 12.4 Å². The molecule has 46 heavy (non-hydrogen) atoms. The average Bonchev–Trinajstić information content (AvgIpc) is 3.36. The largest absolute Gasteiger partial charge is 0.508 e. The molecule has 1 aromatic rings. The molecular weight excluding hydrogens is 608 g/mol. The summed E-state index contributed by atoms with van der Waals surface area (Å²) in [4.78, 5) is 36.8. The van der Waals surface area contributed by atoms with E-state index in [0.717, 1.165) is 6.08 Å². The zero-order valence-corrected chi connectivity index (χ0v) is 25.9. The molecule has 14 nitrogen and oxygen atoms in total. The molecule has 0 aromatic heterocycles. The number of phenolic OH excluding ortho intramolecular Hbond substituents is 1. The molecule has 254 valence electrons. The molecule has 2 heterocycles. The lowest BCUT2D eigenvalue weighted by Gasteiger charge is -2.42. The smallest absolute Gasteiger partial charge is 0.331 e. The first kappa shape index (κ1) is 35.3. The van der Waals surface area contributed by atoms with Gasteiger partial charge in [-0.15, -0.1) is 0 Å². The van der Waals surface area contributed by atoms with E-state index < -0.39 is 78.9 Å². The second kappa shape index (κ2) is 15.4. The van der Waals surface area contributed by atoms with Crippen LogP contribution >= 0.6 is 0 Å². The van der Waals surface area contributed by atoms with Crippen LogP contribution in [0, 0.1) is 17.8 Å². The summed E-state index contributed by atoms with van der Waals surface area (Å²) in [7, 11) is 0. The van der Waals surface area contributed by atoms with E-state index >= 15 is 0 Å². The third kappa shape index (κ3) is 8.63. The van der Waals surface area contributed by atoms with Crippen LogP contribution < -0.4 is 0 Å². The van der Waals surface area contributed by atoms with Crippen molar-refractivity contribution < 1.29 is 68.3 Å². The zero-order valence-electron chi connectivity index (χ0n) is 25.9. The van der Waals surface area contributed by atoms with Gasteiger partial charge in [-0.1, -0.05) is 26.0 Å². The Morgan fingerprint density at radius 3 is 2.46 bits per heavy atom. The number of carbonyl (C=O) groups is 3. The normalized spacial score (nSPS) is 32.4. The van der Waals surface area contributed by atoms with Gasteiger partial charge in [0.25, 0.3) is 0 Å². The molecule has 0 unspecified atom stereocenters. The van der Waals surface area contributed by atoms with Crippen molar-refractivity contribution in [3.8, 4) is 5.75 Å². The Morgan fingerprint density at radius 2 is 1.80 bits per heavy atom. The lowest BCUT2D eigenvalue weighted by molar-refractivity contribution is -0.302. The second-order valence-corrected chi connectivity index (χ2v) is 12.2. The standard InChI is InChI=1S/C32H42O14/c1-17(2)12-25(37)46-30-26-22(10-11-32(26,40)16-43-18(3)34)20(14-41-30)15-42-31-29(28(39)27(38)23(13-33)44-31)45-24(36)9-6-19-4-7-21(35)8-5-19/h4-9,14,17,22-23,26-31,33,35,38-40H,10-13,15-16H2,1-3H3/t22-,23-,26+,27+,28+,29+,30-,31+,32-/m0/s1. The van der Waals surface area contributed by atoms with E-state index in [1.165, 1.54) is 31.4 Å². The highest BCUT2D eigenvalue weighted by molar-refractivity contribution is 5.87. The van der Waals surface area contributed by atoms with Crippen LogP contribution in [0.3, 0.4) is 0 Å². The maximum atomic E-state index is 12.7. The topological polar surface area (TPSA) is 208 Å². The quantitative estimate of drug-likeness (QED) is 0.121. The lowest BCUT2D eigenvalue weighted by Crippen LogP contribution is -2.60. The number of esters is 3. The molecule has 1 saturated heterocycles. The fraction of sp³-hybridized carbons (Fsp3) is 0.594. The summed E-state index contributed by atoms with van der Waals surface area (Å²) in [5.74, 6) is -3.20. The Morgan fingerprint density at radius 1 is 1.09 bits per heavy atom. The number of aromatic hydroxyl groups is 1. The van der Waals surface area contributed by atoms with Gasteiger partial charge in [-0.3, -0.25) is 9.59 Å². The molecule has 1 saturated carbocycles. The van der Waals surface area contributed by atoms with Crippen molar-refractivity contribution in [3.63, 3.8) is 0 Å². The van der Waals surface area contributed by atoms with Crippen LogP contribution in [0.4, 0.5) is 0 Å². The maximum Gasteiger partial charge on any atom is 0.331 e. The lowest BCUT2D eigenvalue weighted by atomic mass is 9.81. The first-order valence-electron chi connectivity index (χ1n) is 15.1. The number of carbonyl (C=O) groups excluding carboxylic acids is 3. The van der Waals surface area contributed by atoms with Crippen molar-refractivity contribution in [2.45, 2.75) is 82.6 Å². The van der Waals surface area contributed by atoms with Gasteiger partial charge >= 0.3 is 17.9 Å². The Hall–Kier alpha value is -3.53. The molecule has 14 heteroatoms. The van der Waals surface area contributed by atoms with Crippen molar-refractivity contribution >= 4 is 24.0 Å². The Labute approximate surface area is 266 Å². The number of aliphatic hydroxyl groups is 4. The van der Waals surface area contributed by atoms with Crippen LogP contribution in [0.1, 0.15) is 45.6 Å². The summed E-state index contributed by atoms with van der Waals surface area (Å²) in [5.41, 5.74) is -0.480. The van der Waals surface area contributed by atoms with Gasteiger partial charge in [0.05, 0.1) is 25.4 Å². The van der Waals surface area contributed by atoms with Crippen LogP contribution in [0.2, 0.25) is 0 Å². The molecule has 1 aromatic carbocycles. The van der Waals surface area contributed by atoms with Crippen molar-refractivity contribution in [2.75, 3.05) is 19.8 Å². The van der Waals surface area contributed by atoms with Crippen LogP contribution in [-0.4, -0.2) is 106 Å². The van der Waals surface area contributed by atoms with Gasteiger partial charge in [-0.2, -0.15) is 0 Å². The van der Waals surface area contributed by atoms with E-state index in [1.807, 2.05) is 13.8 Å². The minimum atomic E-state index is -1.68. The monoisotopic (exact) mass is 650 g/mol. The molecule has 9 atom stereocenters. The number of benzene rings is 1. The molecule has 4 rings (SSSR count). The summed E-state index contributed by atoms with van der Waals surface area (Å²) in [5, 5.41) is 52.0. The molecule has 0 radical (unpaired) electrons. The highest BCUT2D eigenvalue weighted by Gasteiger charge is 2.57. The van der Waals surface area contributed by atoms with Crippen LogP contribution in [0.5, 0.6) is 5.75 Å². The predicted molar refractivity (Wildman–Crippen MR) is 157 cm³/mol. The summed E-state index contributed by atoms with van der Waals surface area (Å²) in [6, 6.07) is 6.01. The Balaban J connectivity index is 1.50. The Kier molecular flexibility index (Phi) is 11.8. The molecule has 2 fully saturated rings. The number of hydrogen-bond acceptors (Lipinski definition) is 14. The summed E-state index contributed by atoms with van der Waals surface area (Å²) in [6.45, 7) is 3.70. The molecule has 5 N–H and O–H groups in total. The van der Waals surface area contributed by atoms with Crippen molar-refractivity contribution in [3.05, 3.63) is 47.7 Å². The number of fused-ring (bicyclic) bond motifs is 1. The zero-order chi connectivity index (χ0) is 33.6. The van der Waals surface area contributed by atoms with Gasteiger partial charge in [0, 0.05) is 19.4 Å². The molecule has 0 spiro atoms. The number of hydrogen-bond donors (Lipinski definition) is 5. The van der Waals surface area contributed by atoms with E-state index in [9.17, 15) is 39.9 Å². The highest BCUT2D eigenvalue weighted by Crippen LogP contribution is 2.49. The van der Waals surface area contributed by atoms with E-state index in [0.29, 0.717) is 17.6 Å². The molecule has 0 bridgehead atoms. The van der Waals surface area contributed by atoms with Crippen LogP contribution in [-0.2, 0) is 42.8 Å². The van der Waals surface area contributed by atoms with Crippen molar-refractivity contribution in [2.24, 2.45) is 17.8 Å². The second-order valence-electron chi connectivity index (χ2n) is 12.2. The van der Waals surface area contributed by atoms with Gasteiger partial charge in [0.2, 0.25) is 6.29 Å². The van der Waals surface area contributed by atoms with E-state index in [2.05, 4.69) is 0 Å². The maximum absolute atomic E-state index is 12.7. The highest BCUT2D eigenvalue weighted by atomic mass is 16.7. The van der Waals surface area contributed by atoms with E-state index in [1.54, 1.807) is 12.1 Å². The Bertz CT molecular complexity index is 1280. The first-order valence-corrected chi connectivity index (χ1v) is 15.1. The predicted octanol–water partition coefficient (Wildman–Crippen LogP) is 0.923. The SMILES string of the molecule is CC(=O)OC[C@@]1(O)CC[C@H]2C(CO[C@@H]3O[C@@H](CO)[C@@H](O)[C@@H](O)[C@H]3OC(=O)C=Cc3ccc(O)cc3)=CO[C@@H](OC(=O)CC(C)C)[C@@H]21. The number of phenols is 1. The third-order valence-electron chi connectivity index (χ3n) is 8.21.